The highest BCUT2D eigenvalue weighted by Crippen LogP contribution is 2.20. The van der Waals surface area contributed by atoms with Crippen LogP contribution >= 0.6 is 11.3 Å². The third-order valence-corrected chi connectivity index (χ3v) is 6.57. The first-order valence-corrected chi connectivity index (χ1v) is 10.3. The van der Waals surface area contributed by atoms with Gasteiger partial charge in [0.05, 0.1) is 17.2 Å². The number of nitrogens with zero attached hydrogens (tertiary/aromatic N) is 2. The molecule has 0 aliphatic carbocycles. The average molecular weight is 398 g/mol. The lowest BCUT2D eigenvalue weighted by Crippen LogP contribution is -2.27. The molecule has 0 saturated carbocycles. The molecule has 0 atom stereocenters. The summed E-state index contributed by atoms with van der Waals surface area (Å²) in [5, 5.41) is 5.64. The van der Waals surface area contributed by atoms with Crippen molar-refractivity contribution in [2.75, 3.05) is 27.7 Å². The minimum absolute atomic E-state index is 0.138. The van der Waals surface area contributed by atoms with Crippen molar-refractivity contribution >= 4 is 27.3 Å². The van der Waals surface area contributed by atoms with Crippen LogP contribution in [0.1, 0.15) is 26.6 Å². The molecule has 0 bridgehead atoms. The van der Waals surface area contributed by atoms with E-state index < -0.39 is 10.0 Å². The molecule has 0 spiro atoms. The van der Waals surface area contributed by atoms with E-state index in [2.05, 4.69) is 10.3 Å². The van der Waals surface area contributed by atoms with Gasteiger partial charge in [0.1, 0.15) is 5.01 Å². The first kappa shape index (κ1) is 20.5. The zero-order chi connectivity index (χ0) is 19.3. The number of hydrogen-bond acceptors (Lipinski definition) is 6. The molecule has 2 aromatic rings. The van der Waals surface area contributed by atoms with Crippen molar-refractivity contribution in [3.63, 3.8) is 0 Å². The van der Waals surface area contributed by atoms with Gasteiger partial charge in [0.15, 0.2) is 0 Å². The standard InChI is InChI=1S/C17H23N3O4S2/c1-12-5-6-13(9-15(12)26(22,23)20(2)3)17(21)18-8-7-14-11-25-16(19-14)10-24-4/h5-6,9,11H,7-8,10H2,1-4H3,(H,18,21). The van der Waals surface area contributed by atoms with E-state index in [-0.39, 0.29) is 10.8 Å². The number of carbonyl (C=O) groups excluding carboxylic acids is 1. The van der Waals surface area contributed by atoms with Gasteiger partial charge in [0, 0.05) is 45.1 Å². The number of carbonyl (C=O) groups is 1. The van der Waals surface area contributed by atoms with Gasteiger partial charge in [-0.05, 0) is 24.6 Å². The van der Waals surface area contributed by atoms with Gasteiger partial charge in [-0.15, -0.1) is 11.3 Å². The molecule has 1 amide bonds. The van der Waals surface area contributed by atoms with Gasteiger partial charge in [-0.1, -0.05) is 6.07 Å². The van der Waals surface area contributed by atoms with Crippen molar-refractivity contribution in [3.8, 4) is 0 Å². The zero-order valence-corrected chi connectivity index (χ0v) is 16.9. The summed E-state index contributed by atoms with van der Waals surface area (Å²) < 4.78 is 30.9. The highest BCUT2D eigenvalue weighted by molar-refractivity contribution is 7.89. The summed E-state index contributed by atoms with van der Waals surface area (Å²) in [5.41, 5.74) is 1.81. The Morgan fingerprint density at radius 1 is 1.35 bits per heavy atom. The summed E-state index contributed by atoms with van der Waals surface area (Å²) >= 11 is 1.52. The fraction of sp³-hybridized carbons (Fsp3) is 0.412. The van der Waals surface area contributed by atoms with E-state index in [1.807, 2.05) is 5.38 Å². The third-order valence-electron chi connectivity index (χ3n) is 3.74. The normalized spacial score (nSPS) is 11.7. The molecule has 142 valence electrons. The number of thiazole rings is 1. The zero-order valence-electron chi connectivity index (χ0n) is 15.3. The molecule has 0 saturated heterocycles. The van der Waals surface area contributed by atoms with E-state index in [0.717, 1.165) is 15.0 Å². The summed E-state index contributed by atoms with van der Waals surface area (Å²) in [6.45, 7) is 2.60. The van der Waals surface area contributed by atoms with Gasteiger partial charge in [-0.25, -0.2) is 17.7 Å². The first-order valence-electron chi connectivity index (χ1n) is 7.99. The van der Waals surface area contributed by atoms with E-state index in [4.69, 9.17) is 4.74 Å². The van der Waals surface area contributed by atoms with Crippen molar-refractivity contribution in [1.82, 2.24) is 14.6 Å². The van der Waals surface area contributed by atoms with Gasteiger partial charge in [-0.3, -0.25) is 4.79 Å². The Bertz CT molecular complexity index is 876. The number of sulfonamides is 1. The largest absolute Gasteiger partial charge is 0.378 e. The second-order valence-corrected chi connectivity index (χ2v) is 9.00. The molecule has 26 heavy (non-hydrogen) atoms. The molecule has 0 aliphatic heterocycles. The highest BCUT2D eigenvalue weighted by Gasteiger charge is 2.21. The lowest BCUT2D eigenvalue weighted by atomic mass is 10.1. The fourth-order valence-electron chi connectivity index (χ4n) is 2.28. The minimum Gasteiger partial charge on any atom is -0.378 e. The van der Waals surface area contributed by atoms with Crippen molar-refractivity contribution in [3.05, 3.63) is 45.4 Å². The molecule has 0 unspecified atom stereocenters. The number of nitrogens with one attached hydrogen (secondary N) is 1. The van der Waals surface area contributed by atoms with Crippen LogP contribution in [0.4, 0.5) is 0 Å². The molecule has 1 heterocycles. The number of hydrogen-bond donors (Lipinski definition) is 1. The maximum absolute atomic E-state index is 12.4. The van der Waals surface area contributed by atoms with E-state index in [1.54, 1.807) is 26.2 Å². The van der Waals surface area contributed by atoms with E-state index >= 15 is 0 Å². The Morgan fingerprint density at radius 2 is 2.08 bits per heavy atom. The number of aromatic nitrogens is 1. The summed E-state index contributed by atoms with van der Waals surface area (Å²) in [6, 6.07) is 4.68. The molecule has 1 aromatic carbocycles. The van der Waals surface area contributed by atoms with Crippen LogP contribution in [0.3, 0.4) is 0 Å². The minimum atomic E-state index is -3.60. The van der Waals surface area contributed by atoms with Gasteiger partial charge in [-0.2, -0.15) is 0 Å². The predicted octanol–water partition coefficient (Wildman–Crippen LogP) is 1.82. The molecule has 1 N–H and O–H groups in total. The lowest BCUT2D eigenvalue weighted by Gasteiger charge is -2.14. The van der Waals surface area contributed by atoms with Crippen molar-refractivity contribution in [1.29, 1.82) is 0 Å². The summed E-state index contributed by atoms with van der Waals surface area (Å²) in [5.74, 6) is -0.312. The Kier molecular flexibility index (Phi) is 6.87. The fourth-order valence-corrected chi connectivity index (χ4v) is 4.22. The summed E-state index contributed by atoms with van der Waals surface area (Å²) in [4.78, 5) is 16.9. The van der Waals surface area contributed by atoms with Crippen molar-refractivity contribution in [2.45, 2.75) is 24.8 Å². The topological polar surface area (TPSA) is 88.6 Å². The van der Waals surface area contributed by atoms with Crippen LogP contribution in [0, 0.1) is 6.92 Å². The lowest BCUT2D eigenvalue weighted by molar-refractivity contribution is 0.0954. The Labute approximate surface area is 158 Å². The van der Waals surface area contributed by atoms with Crippen LogP contribution in [-0.4, -0.2) is 51.4 Å². The number of methoxy groups -OCH3 is 1. The monoisotopic (exact) mass is 397 g/mol. The molecule has 0 fully saturated rings. The maximum Gasteiger partial charge on any atom is 0.251 e. The van der Waals surface area contributed by atoms with Crippen molar-refractivity contribution in [2.24, 2.45) is 0 Å². The quantitative estimate of drug-likeness (QED) is 0.734. The molecular formula is C17H23N3O4S2. The van der Waals surface area contributed by atoms with Crippen LogP contribution in [-0.2, 0) is 27.8 Å². The van der Waals surface area contributed by atoms with Gasteiger partial charge in [0.25, 0.3) is 5.91 Å². The van der Waals surface area contributed by atoms with Crippen molar-refractivity contribution < 1.29 is 17.9 Å². The molecule has 7 nitrogen and oxygen atoms in total. The van der Waals surface area contributed by atoms with E-state index in [1.165, 1.54) is 31.5 Å². The Morgan fingerprint density at radius 3 is 2.73 bits per heavy atom. The maximum atomic E-state index is 12.4. The second kappa shape index (κ2) is 8.72. The first-order chi connectivity index (χ1) is 12.3. The number of rotatable bonds is 8. The van der Waals surface area contributed by atoms with E-state index in [9.17, 15) is 13.2 Å². The number of aryl methyl sites for hydroxylation is 1. The molecular weight excluding hydrogens is 374 g/mol. The SMILES string of the molecule is COCc1nc(CCNC(=O)c2ccc(C)c(S(=O)(=O)N(C)C)c2)cs1. The molecule has 2 rings (SSSR count). The second-order valence-electron chi connectivity index (χ2n) is 5.94. The van der Waals surface area contributed by atoms with Crippen LogP contribution in [0.5, 0.6) is 0 Å². The van der Waals surface area contributed by atoms with Gasteiger partial charge >= 0.3 is 0 Å². The third kappa shape index (κ3) is 4.88. The molecule has 1 aromatic heterocycles. The number of ether oxygens (including phenoxy) is 1. The van der Waals surface area contributed by atoms with Crippen LogP contribution in [0.25, 0.3) is 0 Å². The molecule has 9 heteroatoms. The van der Waals surface area contributed by atoms with Gasteiger partial charge in [0.2, 0.25) is 10.0 Å². The molecule has 0 aliphatic rings. The van der Waals surface area contributed by atoms with Gasteiger partial charge < -0.3 is 10.1 Å². The smallest absolute Gasteiger partial charge is 0.251 e. The highest BCUT2D eigenvalue weighted by atomic mass is 32.2. The van der Waals surface area contributed by atoms with Crippen LogP contribution in [0.15, 0.2) is 28.5 Å². The Balaban J connectivity index is 2.03. The predicted molar refractivity (Wildman–Crippen MR) is 101 cm³/mol. The number of amides is 1. The summed E-state index contributed by atoms with van der Waals surface area (Å²) in [6.07, 6.45) is 0.598. The van der Waals surface area contributed by atoms with E-state index in [0.29, 0.717) is 30.7 Å². The average Bonchev–Trinajstić information content (AvgIpc) is 3.02. The summed E-state index contributed by atoms with van der Waals surface area (Å²) in [7, 11) is 0.953. The Hall–Kier alpha value is -1.81. The van der Waals surface area contributed by atoms with Crippen LogP contribution in [0.2, 0.25) is 0 Å². The van der Waals surface area contributed by atoms with Crippen LogP contribution < -0.4 is 5.32 Å². The molecule has 0 radical (unpaired) electrons. The number of benzene rings is 1.